The molecule has 0 aliphatic carbocycles. The first kappa shape index (κ1) is 19.9. The fraction of sp³-hybridized carbons (Fsp3) is 0.368. The van der Waals surface area contributed by atoms with Crippen molar-refractivity contribution in [3.8, 4) is 5.75 Å². The van der Waals surface area contributed by atoms with Crippen LogP contribution in [0, 0.1) is 0 Å². The van der Waals surface area contributed by atoms with Gasteiger partial charge in [0.2, 0.25) is 5.91 Å². The molecule has 1 unspecified atom stereocenters. The summed E-state index contributed by atoms with van der Waals surface area (Å²) in [6.07, 6.45) is -2.37. The third kappa shape index (κ3) is 5.13. The maximum Gasteiger partial charge on any atom is 0.416 e. The fourth-order valence-corrected chi connectivity index (χ4v) is 3.03. The Bertz CT molecular complexity index is 794. The Kier molecular flexibility index (Phi) is 6.03. The molecule has 1 aromatic carbocycles. The number of carbonyl (C=O) groups excluding carboxylic acids is 1. The Balaban J connectivity index is 1.43. The van der Waals surface area contributed by atoms with Gasteiger partial charge in [-0.2, -0.15) is 13.2 Å². The summed E-state index contributed by atoms with van der Waals surface area (Å²) in [6.45, 7) is 1.96. The molecule has 6 nitrogen and oxygen atoms in total. The van der Waals surface area contributed by atoms with E-state index in [9.17, 15) is 23.1 Å². The number of alkyl halides is 3. The van der Waals surface area contributed by atoms with Gasteiger partial charge in [-0.05, 0) is 36.2 Å². The molecule has 9 heteroatoms. The van der Waals surface area contributed by atoms with E-state index in [1.54, 1.807) is 11.0 Å². The number of halogens is 3. The summed E-state index contributed by atoms with van der Waals surface area (Å²) in [7, 11) is 0. The third-order valence-corrected chi connectivity index (χ3v) is 4.52. The average Bonchev–Trinajstić information content (AvgIpc) is 3.00. The zero-order valence-corrected chi connectivity index (χ0v) is 15.0. The van der Waals surface area contributed by atoms with Crippen molar-refractivity contribution in [3.63, 3.8) is 0 Å². The van der Waals surface area contributed by atoms with Gasteiger partial charge in [0.1, 0.15) is 11.6 Å². The van der Waals surface area contributed by atoms with E-state index < -0.39 is 11.7 Å². The monoisotopic (exact) mass is 394 g/mol. The van der Waals surface area contributed by atoms with Crippen LogP contribution in [0.4, 0.5) is 19.0 Å². The van der Waals surface area contributed by atoms with E-state index in [1.807, 2.05) is 0 Å². The molecule has 2 aromatic rings. The number of nitrogens with one attached hydrogen (secondary N) is 2. The summed E-state index contributed by atoms with van der Waals surface area (Å²) in [5.41, 5.74) is -0.0266. The Morgan fingerprint density at radius 1 is 1.14 bits per heavy atom. The second-order valence-electron chi connectivity index (χ2n) is 6.58. The summed E-state index contributed by atoms with van der Waals surface area (Å²) in [5, 5.41) is 15.4. The maximum absolute atomic E-state index is 12.6. The van der Waals surface area contributed by atoms with Gasteiger partial charge in [-0.1, -0.05) is 12.1 Å². The van der Waals surface area contributed by atoms with Gasteiger partial charge in [0, 0.05) is 26.2 Å². The highest BCUT2D eigenvalue weighted by Gasteiger charge is 2.32. The predicted octanol–water partition coefficient (Wildman–Crippen LogP) is 2.61. The van der Waals surface area contributed by atoms with E-state index in [2.05, 4.69) is 15.6 Å². The first-order chi connectivity index (χ1) is 13.3. The van der Waals surface area contributed by atoms with Crippen LogP contribution >= 0.6 is 0 Å². The summed E-state index contributed by atoms with van der Waals surface area (Å²) in [5.74, 6) is 0.664. The summed E-state index contributed by atoms with van der Waals surface area (Å²) >= 11 is 0. The molecular weight excluding hydrogens is 373 g/mol. The van der Waals surface area contributed by atoms with Crippen molar-refractivity contribution in [1.82, 2.24) is 15.2 Å². The normalized spacial score (nSPS) is 17.2. The highest BCUT2D eigenvalue weighted by Crippen LogP contribution is 2.29. The second kappa shape index (κ2) is 8.47. The number of anilines is 1. The number of carbonyl (C=O) groups is 1. The smallest absolute Gasteiger partial charge is 0.416 e. The average molecular weight is 394 g/mol. The minimum absolute atomic E-state index is 0.0531. The molecule has 0 radical (unpaired) electrons. The molecule has 2 heterocycles. The number of hydrogen-bond donors (Lipinski definition) is 3. The molecule has 1 amide bonds. The molecule has 1 aliphatic rings. The van der Waals surface area contributed by atoms with Gasteiger partial charge in [-0.25, -0.2) is 4.98 Å². The molecule has 0 spiro atoms. The summed E-state index contributed by atoms with van der Waals surface area (Å²) in [4.78, 5) is 18.1. The van der Waals surface area contributed by atoms with Gasteiger partial charge in [0.05, 0.1) is 17.8 Å². The number of rotatable bonds is 7. The molecule has 1 aliphatic heterocycles. The number of aromatic nitrogens is 1. The lowest BCUT2D eigenvalue weighted by Gasteiger charge is -2.18. The van der Waals surface area contributed by atoms with E-state index in [0.29, 0.717) is 44.0 Å². The molecular formula is C19H21F3N4O2. The van der Waals surface area contributed by atoms with Crippen LogP contribution in [0.3, 0.4) is 0 Å². The van der Waals surface area contributed by atoms with Gasteiger partial charge >= 0.3 is 6.18 Å². The Morgan fingerprint density at radius 2 is 1.89 bits per heavy atom. The van der Waals surface area contributed by atoms with E-state index >= 15 is 0 Å². The van der Waals surface area contributed by atoms with Crippen molar-refractivity contribution in [2.75, 3.05) is 25.0 Å². The molecule has 1 atom stereocenters. The topological polar surface area (TPSA) is 77.5 Å². The van der Waals surface area contributed by atoms with Gasteiger partial charge in [0.15, 0.2) is 0 Å². The third-order valence-electron chi connectivity index (χ3n) is 4.52. The zero-order chi connectivity index (χ0) is 20.1. The van der Waals surface area contributed by atoms with Crippen LogP contribution in [0.25, 0.3) is 0 Å². The quantitative estimate of drug-likeness (QED) is 0.630. The number of hydrogen-bond acceptors (Lipinski definition) is 5. The van der Waals surface area contributed by atoms with E-state index in [4.69, 9.17) is 0 Å². The van der Waals surface area contributed by atoms with Crippen molar-refractivity contribution in [2.24, 2.45) is 0 Å². The minimum atomic E-state index is -4.36. The number of pyridine rings is 1. The number of amides is 1. The van der Waals surface area contributed by atoms with Gasteiger partial charge < -0.3 is 20.6 Å². The van der Waals surface area contributed by atoms with Crippen LogP contribution in [0.1, 0.15) is 17.5 Å². The highest BCUT2D eigenvalue weighted by atomic mass is 19.4. The van der Waals surface area contributed by atoms with Crippen LogP contribution < -0.4 is 10.6 Å². The standard InChI is InChI=1S/C19H21F3N4O2/c20-19(21,22)14-3-1-13(2-4-14)12-26-10-7-16(18(26)28)23-8-9-24-17-6-5-15(27)11-25-17/h1-6,11,16,23,27H,7-10,12H2,(H,24,25). The van der Waals surface area contributed by atoms with Crippen molar-refractivity contribution < 1.29 is 23.1 Å². The van der Waals surface area contributed by atoms with Crippen LogP contribution in [0.2, 0.25) is 0 Å². The lowest BCUT2D eigenvalue weighted by atomic mass is 10.1. The Labute approximate surface area is 160 Å². The zero-order valence-electron chi connectivity index (χ0n) is 15.0. The fourth-order valence-electron chi connectivity index (χ4n) is 3.03. The molecule has 0 saturated carbocycles. The molecule has 150 valence electrons. The molecule has 1 saturated heterocycles. The number of aromatic hydroxyl groups is 1. The Morgan fingerprint density at radius 3 is 2.54 bits per heavy atom. The van der Waals surface area contributed by atoms with Crippen molar-refractivity contribution >= 4 is 11.7 Å². The van der Waals surface area contributed by atoms with Crippen molar-refractivity contribution in [2.45, 2.75) is 25.2 Å². The summed E-state index contributed by atoms with van der Waals surface area (Å²) in [6, 6.07) is 7.77. The van der Waals surface area contributed by atoms with E-state index in [0.717, 1.165) is 12.1 Å². The predicted molar refractivity (Wildman–Crippen MR) is 97.7 cm³/mol. The van der Waals surface area contributed by atoms with E-state index in [1.165, 1.54) is 24.4 Å². The van der Waals surface area contributed by atoms with Gasteiger partial charge in [-0.3, -0.25) is 4.79 Å². The van der Waals surface area contributed by atoms with E-state index in [-0.39, 0.29) is 17.7 Å². The summed E-state index contributed by atoms with van der Waals surface area (Å²) < 4.78 is 37.9. The van der Waals surface area contributed by atoms with Gasteiger partial charge in [0.25, 0.3) is 0 Å². The molecule has 3 rings (SSSR count). The minimum Gasteiger partial charge on any atom is -0.506 e. The number of nitrogens with zero attached hydrogens (tertiary/aromatic N) is 2. The molecule has 1 fully saturated rings. The lowest BCUT2D eigenvalue weighted by molar-refractivity contribution is -0.137. The van der Waals surface area contributed by atoms with Crippen molar-refractivity contribution in [3.05, 3.63) is 53.7 Å². The first-order valence-electron chi connectivity index (χ1n) is 8.90. The molecule has 1 aromatic heterocycles. The molecule has 28 heavy (non-hydrogen) atoms. The van der Waals surface area contributed by atoms with Gasteiger partial charge in [-0.15, -0.1) is 0 Å². The number of benzene rings is 1. The molecule has 0 bridgehead atoms. The number of likely N-dealkylation sites (tertiary alicyclic amines) is 1. The maximum atomic E-state index is 12.6. The van der Waals surface area contributed by atoms with Crippen LogP contribution in [0.15, 0.2) is 42.6 Å². The highest BCUT2D eigenvalue weighted by molar-refractivity contribution is 5.83. The molecule has 3 N–H and O–H groups in total. The lowest BCUT2D eigenvalue weighted by Crippen LogP contribution is -2.40. The van der Waals surface area contributed by atoms with Crippen LogP contribution in [-0.4, -0.2) is 46.6 Å². The van der Waals surface area contributed by atoms with Crippen LogP contribution in [-0.2, 0) is 17.5 Å². The first-order valence-corrected chi connectivity index (χ1v) is 8.90. The SMILES string of the molecule is O=C1C(NCCNc2ccc(O)cn2)CCN1Cc1ccc(C(F)(F)F)cc1. The van der Waals surface area contributed by atoms with Crippen LogP contribution in [0.5, 0.6) is 5.75 Å². The Hall–Kier alpha value is -2.81. The van der Waals surface area contributed by atoms with Crippen molar-refractivity contribution in [1.29, 1.82) is 0 Å². The second-order valence-corrected chi connectivity index (χ2v) is 6.58. The largest absolute Gasteiger partial charge is 0.506 e.